The highest BCUT2D eigenvalue weighted by molar-refractivity contribution is 6.03. The number of nitrogens with one attached hydrogen (secondary N) is 2. The highest BCUT2D eigenvalue weighted by atomic mass is 16.5. The molecule has 1 aliphatic carbocycles. The summed E-state index contributed by atoms with van der Waals surface area (Å²) in [7, 11) is 1.84. The number of anilines is 2. The molecule has 0 aromatic carbocycles. The molecule has 150 valence electrons. The van der Waals surface area contributed by atoms with E-state index in [4.69, 9.17) is 4.74 Å². The van der Waals surface area contributed by atoms with E-state index in [-0.39, 0.29) is 18.1 Å². The van der Waals surface area contributed by atoms with Gasteiger partial charge >= 0.3 is 0 Å². The van der Waals surface area contributed by atoms with E-state index in [0.29, 0.717) is 5.82 Å². The molecular weight excluding hydrogens is 368 g/mol. The zero-order chi connectivity index (χ0) is 19.8. The molecule has 8 nitrogen and oxygen atoms in total. The second-order valence-corrected chi connectivity index (χ2v) is 7.63. The van der Waals surface area contributed by atoms with Gasteiger partial charge in [0, 0.05) is 54.5 Å². The molecule has 1 saturated heterocycles. The van der Waals surface area contributed by atoms with Crippen LogP contribution in [0.5, 0.6) is 0 Å². The summed E-state index contributed by atoms with van der Waals surface area (Å²) in [6, 6.07) is 3.91. The molecule has 0 bridgehead atoms. The first kappa shape index (κ1) is 18.1. The van der Waals surface area contributed by atoms with Crippen molar-refractivity contribution < 1.29 is 9.53 Å². The molecule has 2 fully saturated rings. The minimum Gasteiger partial charge on any atom is -0.373 e. The summed E-state index contributed by atoms with van der Waals surface area (Å²) < 4.78 is 7.89. The van der Waals surface area contributed by atoms with Gasteiger partial charge in [0.1, 0.15) is 11.6 Å². The lowest BCUT2D eigenvalue weighted by Gasteiger charge is -2.25. The molecule has 5 rings (SSSR count). The molecule has 1 aliphatic heterocycles. The van der Waals surface area contributed by atoms with E-state index in [1.54, 1.807) is 12.4 Å². The summed E-state index contributed by atoms with van der Waals surface area (Å²) in [5, 5.41) is 12.5. The van der Waals surface area contributed by atoms with Crippen LogP contribution in [0.3, 0.4) is 0 Å². The Bertz CT molecular complexity index is 1050. The smallest absolute Gasteiger partial charge is 0.228 e. The summed E-state index contributed by atoms with van der Waals surface area (Å²) in [6.07, 6.45) is 10.4. The third-order valence-electron chi connectivity index (χ3n) is 5.58. The van der Waals surface area contributed by atoms with Crippen molar-refractivity contribution in [3.05, 3.63) is 30.7 Å². The fraction of sp³-hybridized carbons (Fsp3) is 0.429. The van der Waals surface area contributed by atoms with Crippen molar-refractivity contribution in [2.24, 2.45) is 5.92 Å². The molecule has 4 heterocycles. The average Bonchev–Trinajstić information content (AvgIpc) is 3.51. The van der Waals surface area contributed by atoms with E-state index in [9.17, 15) is 4.79 Å². The number of ether oxygens (including phenoxy) is 1. The fourth-order valence-electron chi connectivity index (χ4n) is 3.85. The quantitative estimate of drug-likeness (QED) is 0.689. The minimum atomic E-state index is -0.0661. The number of carbonyl (C=O) groups excluding carboxylic acids is 1. The van der Waals surface area contributed by atoms with Crippen molar-refractivity contribution in [1.82, 2.24) is 19.7 Å². The summed E-state index contributed by atoms with van der Waals surface area (Å²) in [5.41, 5.74) is 1.89. The first-order chi connectivity index (χ1) is 14.2. The number of nitrogens with zero attached hydrogens (tertiary/aromatic N) is 4. The van der Waals surface area contributed by atoms with Crippen LogP contribution < -0.4 is 10.6 Å². The van der Waals surface area contributed by atoms with Gasteiger partial charge in [0.25, 0.3) is 0 Å². The highest BCUT2D eigenvalue weighted by Gasteiger charge is 2.30. The van der Waals surface area contributed by atoms with Gasteiger partial charge in [-0.05, 0) is 44.2 Å². The Morgan fingerprint density at radius 2 is 2.07 bits per heavy atom. The predicted molar refractivity (Wildman–Crippen MR) is 110 cm³/mol. The summed E-state index contributed by atoms with van der Waals surface area (Å²) >= 11 is 0. The maximum absolute atomic E-state index is 12.2. The second-order valence-electron chi connectivity index (χ2n) is 7.63. The zero-order valence-corrected chi connectivity index (χ0v) is 16.4. The number of hydrogen-bond donors (Lipinski definition) is 2. The van der Waals surface area contributed by atoms with Gasteiger partial charge in [0.2, 0.25) is 5.91 Å². The van der Waals surface area contributed by atoms with Gasteiger partial charge in [0.15, 0.2) is 6.23 Å². The number of fused-ring (bicyclic) bond motifs is 1. The van der Waals surface area contributed by atoms with Crippen LogP contribution in [0, 0.1) is 5.92 Å². The third-order valence-corrected chi connectivity index (χ3v) is 5.58. The van der Waals surface area contributed by atoms with Crippen molar-refractivity contribution in [2.45, 2.75) is 38.3 Å². The van der Waals surface area contributed by atoms with Gasteiger partial charge in [-0.2, -0.15) is 5.10 Å². The van der Waals surface area contributed by atoms with E-state index in [1.165, 1.54) is 0 Å². The molecule has 1 atom stereocenters. The van der Waals surface area contributed by atoms with Gasteiger partial charge < -0.3 is 15.4 Å². The maximum atomic E-state index is 12.2. The lowest BCUT2D eigenvalue weighted by atomic mass is 10.1. The molecule has 0 spiro atoms. The standard InChI is InChI=1S/C21H24N6O2/c1-22-20-16-12-23-18(26-21(28)13-5-6-13)10-14(16)15(11-24-20)17-7-8-25-27(17)19-4-2-3-9-29-19/h7-8,10-13,19H,2-6,9H2,1H3,(H,22,24)(H,23,26,28). The van der Waals surface area contributed by atoms with Crippen molar-refractivity contribution >= 4 is 28.3 Å². The maximum Gasteiger partial charge on any atom is 0.228 e. The molecule has 3 aromatic rings. The van der Waals surface area contributed by atoms with E-state index in [2.05, 4.69) is 25.7 Å². The number of amides is 1. The normalized spacial score (nSPS) is 19.3. The van der Waals surface area contributed by atoms with Crippen LogP contribution in [0.4, 0.5) is 11.6 Å². The third kappa shape index (κ3) is 3.44. The van der Waals surface area contributed by atoms with Gasteiger partial charge in [-0.1, -0.05) is 0 Å². The van der Waals surface area contributed by atoms with E-state index >= 15 is 0 Å². The topological polar surface area (TPSA) is 94.0 Å². The number of pyridine rings is 2. The summed E-state index contributed by atoms with van der Waals surface area (Å²) in [4.78, 5) is 21.2. The first-order valence-electron chi connectivity index (χ1n) is 10.2. The van der Waals surface area contributed by atoms with E-state index in [0.717, 1.165) is 66.6 Å². The van der Waals surface area contributed by atoms with Crippen molar-refractivity contribution in [3.63, 3.8) is 0 Å². The molecule has 8 heteroatoms. The monoisotopic (exact) mass is 392 g/mol. The molecule has 3 aromatic heterocycles. The van der Waals surface area contributed by atoms with Gasteiger partial charge in [-0.3, -0.25) is 4.79 Å². The lowest BCUT2D eigenvalue weighted by Crippen LogP contribution is -2.20. The molecule has 2 aliphatic rings. The van der Waals surface area contributed by atoms with Gasteiger partial charge in [0.05, 0.1) is 5.69 Å². The number of rotatable bonds is 5. The molecule has 2 N–H and O–H groups in total. The summed E-state index contributed by atoms with van der Waals surface area (Å²) in [6.45, 7) is 0.753. The Labute approximate surface area is 168 Å². The molecule has 1 unspecified atom stereocenters. The van der Waals surface area contributed by atoms with Crippen LogP contribution >= 0.6 is 0 Å². The molecule has 1 saturated carbocycles. The number of aromatic nitrogens is 4. The predicted octanol–water partition coefficient (Wildman–Crippen LogP) is 3.58. The average molecular weight is 392 g/mol. The first-order valence-corrected chi connectivity index (χ1v) is 10.2. The fourth-order valence-corrected chi connectivity index (χ4v) is 3.85. The Hall–Kier alpha value is -3.00. The zero-order valence-electron chi connectivity index (χ0n) is 16.4. The van der Waals surface area contributed by atoms with Crippen LogP contribution in [-0.2, 0) is 9.53 Å². The van der Waals surface area contributed by atoms with Gasteiger partial charge in [-0.25, -0.2) is 14.6 Å². The van der Waals surface area contributed by atoms with Gasteiger partial charge in [-0.15, -0.1) is 0 Å². The number of carbonyl (C=O) groups is 1. The van der Waals surface area contributed by atoms with E-state index in [1.807, 2.05) is 30.1 Å². The number of hydrogen-bond acceptors (Lipinski definition) is 6. The van der Waals surface area contributed by atoms with Crippen molar-refractivity contribution in [3.8, 4) is 11.3 Å². The Kier molecular flexibility index (Phi) is 4.63. The Balaban J connectivity index is 1.59. The SMILES string of the molecule is CNc1ncc(-c2ccnn2C2CCCCO2)c2cc(NC(=O)C3CC3)ncc12. The summed E-state index contributed by atoms with van der Waals surface area (Å²) in [5.74, 6) is 1.48. The second kappa shape index (κ2) is 7.44. The van der Waals surface area contributed by atoms with Crippen LogP contribution in [0.15, 0.2) is 30.7 Å². The Morgan fingerprint density at radius 1 is 1.17 bits per heavy atom. The van der Waals surface area contributed by atoms with Crippen molar-refractivity contribution in [1.29, 1.82) is 0 Å². The van der Waals surface area contributed by atoms with Crippen LogP contribution in [0.25, 0.3) is 22.0 Å². The van der Waals surface area contributed by atoms with Crippen LogP contribution in [-0.4, -0.2) is 39.3 Å². The van der Waals surface area contributed by atoms with Crippen LogP contribution in [0.2, 0.25) is 0 Å². The highest BCUT2D eigenvalue weighted by Crippen LogP contribution is 2.35. The lowest BCUT2D eigenvalue weighted by molar-refractivity contribution is -0.117. The minimum absolute atomic E-state index is 0.0435. The molecule has 0 radical (unpaired) electrons. The van der Waals surface area contributed by atoms with E-state index < -0.39 is 0 Å². The molecule has 29 heavy (non-hydrogen) atoms. The largest absolute Gasteiger partial charge is 0.373 e. The van der Waals surface area contributed by atoms with Crippen molar-refractivity contribution in [2.75, 3.05) is 24.3 Å². The molecular formula is C21H24N6O2. The Morgan fingerprint density at radius 3 is 2.83 bits per heavy atom. The molecule has 1 amide bonds. The van der Waals surface area contributed by atoms with Crippen LogP contribution in [0.1, 0.15) is 38.3 Å².